The fraction of sp³-hybridized carbons (Fsp3) is 0.192. The molecule has 5 aromatic rings. The fourth-order valence-corrected chi connectivity index (χ4v) is 6.88. The van der Waals surface area contributed by atoms with Crippen LogP contribution in [0.25, 0.3) is 30.7 Å². The number of fused-ring (bicyclic) bond motifs is 2. The molecular weight excluding hydrogens is 527 g/mol. The van der Waals surface area contributed by atoms with E-state index in [2.05, 4.69) is 31.5 Å². The molecule has 0 aliphatic heterocycles. The van der Waals surface area contributed by atoms with E-state index in [-0.39, 0.29) is 10.8 Å². The second-order valence-electron chi connectivity index (χ2n) is 9.18. The van der Waals surface area contributed by atoms with Gasteiger partial charge in [0.2, 0.25) is 10.0 Å². The van der Waals surface area contributed by atoms with Gasteiger partial charge in [-0.1, -0.05) is 12.1 Å². The lowest BCUT2D eigenvalue weighted by Gasteiger charge is -2.20. The van der Waals surface area contributed by atoms with Crippen LogP contribution in [0, 0.1) is 0 Å². The van der Waals surface area contributed by atoms with E-state index in [1.165, 1.54) is 22.2 Å². The summed E-state index contributed by atoms with van der Waals surface area (Å²) in [7, 11) is -2.04. The number of rotatable bonds is 4. The summed E-state index contributed by atoms with van der Waals surface area (Å²) < 4.78 is 29.5. The van der Waals surface area contributed by atoms with Crippen molar-refractivity contribution >= 4 is 64.7 Å². The van der Waals surface area contributed by atoms with E-state index in [9.17, 15) is 13.2 Å². The van der Waals surface area contributed by atoms with Crippen LogP contribution in [-0.2, 0) is 10.0 Å². The van der Waals surface area contributed by atoms with E-state index in [1.807, 2.05) is 24.4 Å². The van der Waals surface area contributed by atoms with Crippen molar-refractivity contribution in [1.29, 1.82) is 0 Å². The van der Waals surface area contributed by atoms with Crippen LogP contribution in [0.3, 0.4) is 0 Å². The molecule has 0 aliphatic rings. The van der Waals surface area contributed by atoms with Crippen molar-refractivity contribution in [2.24, 2.45) is 0 Å². The minimum Gasteiger partial charge on any atom is -0.383 e. The molecule has 0 saturated carbocycles. The average Bonchev–Trinajstić information content (AvgIpc) is 3.51. The van der Waals surface area contributed by atoms with Crippen molar-refractivity contribution in [2.45, 2.75) is 31.2 Å². The Balaban J connectivity index is 0.000000295. The van der Waals surface area contributed by atoms with Crippen molar-refractivity contribution in [1.82, 2.24) is 20.0 Å². The van der Waals surface area contributed by atoms with Crippen LogP contribution in [0.4, 0.5) is 5.82 Å². The van der Waals surface area contributed by atoms with Gasteiger partial charge in [0.1, 0.15) is 5.82 Å². The standard InChI is InChI=1S/C19H22N4O3S2.C7H5NS/c1-19(2,3)23-28(25,26)12-7-5-11(6-8-12)15-9-13-16(27-15)14(18(24)21-4)10-22-17(13)20;1-2-7-6(8-4-1)3-5-9-7/h5-10,23H,1-4H3,(H2,20,22)(H,21,24);1-5H. The quantitative estimate of drug-likeness (QED) is 0.278. The number of pyridine rings is 2. The van der Waals surface area contributed by atoms with Gasteiger partial charge in [0.25, 0.3) is 5.91 Å². The number of nitrogens with zero attached hydrogens (tertiary/aromatic N) is 2. The van der Waals surface area contributed by atoms with Gasteiger partial charge >= 0.3 is 0 Å². The van der Waals surface area contributed by atoms with E-state index in [4.69, 9.17) is 5.73 Å². The number of hydrogen-bond donors (Lipinski definition) is 3. The number of benzene rings is 1. The smallest absolute Gasteiger partial charge is 0.254 e. The molecule has 0 bridgehead atoms. The highest BCUT2D eigenvalue weighted by Crippen LogP contribution is 2.37. The third-order valence-corrected chi connectivity index (χ3v) is 9.03. The lowest BCUT2D eigenvalue weighted by molar-refractivity contribution is 0.0964. The predicted octanol–water partition coefficient (Wildman–Crippen LogP) is 5.28. The molecule has 0 radical (unpaired) electrons. The second kappa shape index (κ2) is 10.5. The third-order valence-electron chi connectivity index (χ3n) is 5.17. The summed E-state index contributed by atoms with van der Waals surface area (Å²) in [5.74, 6) is 0.110. The number of nitrogens with two attached hydrogens (primary N) is 1. The number of nitrogen functional groups attached to an aromatic ring is 1. The van der Waals surface area contributed by atoms with Crippen LogP contribution >= 0.6 is 22.7 Å². The zero-order valence-corrected chi connectivity index (χ0v) is 23.2. The number of carbonyl (C=O) groups excluding carboxylic acids is 1. The normalized spacial score (nSPS) is 11.8. The highest BCUT2D eigenvalue weighted by molar-refractivity contribution is 7.89. The highest BCUT2D eigenvalue weighted by Gasteiger charge is 2.22. The zero-order chi connectivity index (χ0) is 26.8. The molecule has 4 N–H and O–H groups in total. The molecule has 0 aliphatic carbocycles. The maximum Gasteiger partial charge on any atom is 0.254 e. The lowest BCUT2D eigenvalue weighted by atomic mass is 10.1. The average molecular weight is 554 g/mol. The van der Waals surface area contributed by atoms with Crippen molar-refractivity contribution < 1.29 is 13.2 Å². The number of nitrogens with one attached hydrogen (secondary N) is 2. The van der Waals surface area contributed by atoms with Crippen LogP contribution in [0.5, 0.6) is 0 Å². The summed E-state index contributed by atoms with van der Waals surface area (Å²) in [6.45, 7) is 5.37. The number of carbonyl (C=O) groups is 1. The first kappa shape index (κ1) is 26.7. The number of hydrogen-bond acceptors (Lipinski definition) is 8. The Hall–Kier alpha value is -3.38. The van der Waals surface area contributed by atoms with Crippen LogP contribution < -0.4 is 15.8 Å². The first-order valence-electron chi connectivity index (χ1n) is 11.3. The Bertz CT molecular complexity index is 1640. The summed E-state index contributed by atoms with van der Waals surface area (Å²) >= 11 is 3.14. The molecule has 0 saturated heterocycles. The van der Waals surface area contributed by atoms with Crippen molar-refractivity contribution in [3.63, 3.8) is 0 Å². The Morgan fingerprint density at radius 1 is 1.05 bits per heavy atom. The SMILES string of the molecule is CNC(=O)c1cnc(N)c2cc(-c3ccc(S(=O)(=O)NC(C)(C)C)cc3)sc12.c1cnc2ccsc2c1. The van der Waals surface area contributed by atoms with Crippen molar-refractivity contribution in [3.05, 3.63) is 71.9 Å². The molecule has 8 nitrogen and oxygen atoms in total. The molecule has 1 amide bonds. The molecule has 0 spiro atoms. The molecule has 0 unspecified atom stereocenters. The molecule has 0 fully saturated rings. The number of sulfonamides is 1. The molecule has 5 rings (SSSR count). The van der Waals surface area contributed by atoms with E-state index < -0.39 is 15.6 Å². The first-order valence-corrected chi connectivity index (χ1v) is 14.5. The summed E-state index contributed by atoms with van der Waals surface area (Å²) in [5.41, 5.74) is 7.79. The third kappa shape index (κ3) is 6.13. The van der Waals surface area contributed by atoms with Gasteiger partial charge in [-0.3, -0.25) is 9.78 Å². The van der Waals surface area contributed by atoms with Gasteiger partial charge in [-0.25, -0.2) is 18.1 Å². The minimum atomic E-state index is -3.60. The van der Waals surface area contributed by atoms with Gasteiger partial charge in [-0.2, -0.15) is 0 Å². The molecule has 37 heavy (non-hydrogen) atoms. The maximum absolute atomic E-state index is 12.5. The monoisotopic (exact) mass is 553 g/mol. The van der Waals surface area contributed by atoms with Crippen LogP contribution in [0.15, 0.2) is 71.2 Å². The van der Waals surface area contributed by atoms with Crippen LogP contribution in [-0.4, -0.2) is 36.9 Å². The van der Waals surface area contributed by atoms with E-state index in [0.717, 1.165) is 20.7 Å². The van der Waals surface area contributed by atoms with Crippen molar-refractivity contribution in [2.75, 3.05) is 12.8 Å². The van der Waals surface area contributed by atoms with Gasteiger partial charge in [-0.05, 0) is 68.1 Å². The first-order chi connectivity index (χ1) is 17.5. The summed E-state index contributed by atoms with van der Waals surface area (Å²) in [5, 5.41) is 5.35. The highest BCUT2D eigenvalue weighted by atomic mass is 32.2. The summed E-state index contributed by atoms with van der Waals surface area (Å²) in [6, 6.07) is 14.5. The number of anilines is 1. The number of amides is 1. The van der Waals surface area contributed by atoms with Crippen molar-refractivity contribution in [3.8, 4) is 10.4 Å². The molecule has 4 aromatic heterocycles. The number of aromatic nitrogens is 2. The summed E-state index contributed by atoms with van der Waals surface area (Å²) in [4.78, 5) is 21.4. The van der Waals surface area contributed by atoms with E-state index in [1.54, 1.807) is 63.4 Å². The Morgan fingerprint density at radius 2 is 1.78 bits per heavy atom. The van der Waals surface area contributed by atoms with Crippen LogP contribution in [0.1, 0.15) is 31.1 Å². The predicted molar refractivity (Wildman–Crippen MR) is 153 cm³/mol. The topological polar surface area (TPSA) is 127 Å². The minimum absolute atomic E-state index is 0.194. The fourth-order valence-electron chi connectivity index (χ4n) is 3.54. The van der Waals surface area contributed by atoms with E-state index >= 15 is 0 Å². The zero-order valence-electron chi connectivity index (χ0n) is 20.8. The Labute approximate surface area is 223 Å². The Kier molecular flexibility index (Phi) is 7.60. The molecule has 0 atom stereocenters. The Morgan fingerprint density at radius 3 is 2.43 bits per heavy atom. The number of thiophene rings is 2. The van der Waals surface area contributed by atoms with Gasteiger partial charge in [0.05, 0.1) is 25.4 Å². The van der Waals surface area contributed by atoms with Gasteiger partial charge in [-0.15, -0.1) is 22.7 Å². The second-order valence-corrected chi connectivity index (χ2v) is 12.9. The molecular formula is C26H27N5O3S3. The largest absolute Gasteiger partial charge is 0.383 e. The molecule has 192 valence electrons. The van der Waals surface area contributed by atoms with Gasteiger partial charge in [0, 0.05) is 35.2 Å². The molecule has 11 heteroatoms. The summed E-state index contributed by atoms with van der Waals surface area (Å²) in [6.07, 6.45) is 3.28. The maximum atomic E-state index is 12.5. The van der Waals surface area contributed by atoms with Gasteiger partial charge < -0.3 is 11.1 Å². The van der Waals surface area contributed by atoms with Crippen LogP contribution in [0.2, 0.25) is 0 Å². The van der Waals surface area contributed by atoms with Gasteiger partial charge in [0.15, 0.2) is 0 Å². The molecule has 1 aromatic carbocycles. The molecule has 4 heterocycles. The lowest BCUT2D eigenvalue weighted by Crippen LogP contribution is -2.40. The van der Waals surface area contributed by atoms with E-state index in [0.29, 0.717) is 16.8 Å².